The second-order valence-electron chi connectivity index (χ2n) is 3.76. The molecule has 0 fully saturated rings. The average Bonchev–Trinajstić information content (AvgIpc) is 2.38. The van der Waals surface area contributed by atoms with E-state index in [9.17, 15) is 17.6 Å². The van der Waals surface area contributed by atoms with Crippen LogP contribution in [0.25, 0.3) is 0 Å². The van der Waals surface area contributed by atoms with E-state index in [-0.39, 0.29) is 35.5 Å². The van der Waals surface area contributed by atoms with Crippen molar-refractivity contribution in [3.8, 4) is 0 Å². The van der Waals surface area contributed by atoms with E-state index in [2.05, 4.69) is 14.8 Å². The fourth-order valence-electron chi connectivity index (χ4n) is 1.30. The summed E-state index contributed by atoms with van der Waals surface area (Å²) in [6.45, 7) is 0.00343. The molecule has 0 spiro atoms. The van der Waals surface area contributed by atoms with E-state index in [0.717, 1.165) is 18.2 Å². The van der Waals surface area contributed by atoms with Crippen LogP contribution in [0.1, 0.15) is 0 Å². The summed E-state index contributed by atoms with van der Waals surface area (Å²) < 4.78 is 43.5. The first-order chi connectivity index (χ1) is 9.36. The number of nitrogens with one attached hydrogen (secondary N) is 2. The molecule has 0 unspecified atom stereocenters. The number of carbonyl (C=O) groups excluding carboxylic acids is 1. The molecule has 0 saturated heterocycles. The van der Waals surface area contributed by atoms with E-state index in [1.165, 1.54) is 7.11 Å². The van der Waals surface area contributed by atoms with Gasteiger partial charge in [-0.3, -0.25) is 4.79 Å². The standard InChI is InChI=1S/C11H14ClFN2O4S/c1-19-7-11(16)14-4-5-15-20(17,18)8-2-3-10(13)9(12)6-8/h2-3,6,15H,4-5,7H2,1H3,(H,14,16). The molecular formula is C11H14ClFN2O4S. The average molecular weight is 325 g/mol. The molecule has 0 aliphatic carbocycles. The monoisotopic (exact) mass is 324 g/mol. The van der Waals surface area contributed by atoms with Gasteiger partial charge in [0.15, 0.2) is 0 Å². The molecule has 0 aliphatic heterocycles. The van der Waals surface area contributed by atoms with E-state index < -0.39 is 15.8 Å². The van der Waals surface area contributed by atoms with Crippen LogP contribution in [0.15, 0.2) is 23.1 Å². The van der Waals surface area contributed by atoms with E-state index in [4.69, 9.17) is 11.6 Å². The summed E-state index contributed by atoms with van der Waals surface area (Å²) in [4.78, 5) is 10.9. The summed E-state index contributed by atoms with van der Waals surface area (Å²) in [5, 5.41) is 2.17. The maximum absolute atomic E-state index is 12.9. The molecule has 1 amide bonds. The minimum absolute atomic E-state index is 0.00716. The van der Waals surface area contributed by atoms with Gasteiger partial charge in [-0.1, -0.05) is 11.6 Å². The molecule has 9 heteroatoms. The van der Waals surface area contributed by atoms with Crippen LogP contribution < -0.4 is 10.0 Å². The predicted octanol–water partition coefficient (Wildman–Crippen LogP) is 0.520. The van der Waals surface area contributed by atoms with E-state index >= 15 is 0 Å². The van der Waals surface area contributed by atoms with Gasteiger partial charge in [0.2, 0.25) is 15.9 Å². The Morgan fingerprint density at radius 1 is 1.40 bits per heavy atom. The van der Waals surface area contributed by atoms with Crippen molar-refractivity contribution in [1.82, 2.24) is 10.0 Å². The number of sulfonamides is 1. The molecule has 0 heterocycles. The molecule has 0 aromatic heterocycles. The Hall–Kier alpha value is -1.22. The Morgan fingerprint density at radius 2 is 2.10 bits per heavy atom. The lowest BCUT2D eigenvalue weighted by Gasteiger charge is -2.08. The van der Waals surface area contributed by atoms with Crippen molar-refractivity contribution in [3.63, 3.8) is 0 Å². The number of amides is 1. The molecule has 0 atom stereocenters. The number of halogens is 2. The van der Waals surface area contributed by atoms with Gasteiger partial charge in [0.1, 0.15) is 12.4 Å². The highest BCUT2D eigenvalue weighted by atomic mass is 35.5. The number of hydrogen-bond donors (Lipinski definition) is 2. The molecule has 0 bridgehead atoms. The summed E-state index contributed by atoms with van der Waals surface area (Å²) in [6.07, 6.45) is 0. The van der Waals surface area contributed by atoms with Gasteiger partial charge in [0.05, 0.1) is 9.92 Å². The van der Waals surface area contributed by atoms with Crippen molar-refractivity contribution in [2.45, 2.75) is 4.90 Å². The third-order valence-corrected chi connectivity index (χ3v) is 3.96. The van der Waals surface area contributed by atoms with Crippen LogP contribution in [0.4, 0.5) is 4.39 Å². The van der Waals surface area contributed by atoms with Gasteiger partial charge >= 0.3 is 0 Å². The number of benzene rings is 1. The van der Waals surface area contributed by atoms with Crippen LogP contribution in [-0.2, 0) is 19.6 Å². The van der Waals surface area contributed by atoms with E-state index in [1.807, 2.05) is 0 Å². The molecular weight excluding hydrogens is 311 g/mol. The molecule has 1 aromatic carbocycles. The number of hydrogen-bond acceptors (Lipinski definition) is 4. The lowest BCUT2D eigenvalue weighted by atomic mass is 10.3. The second-order valence-corrected chi connectivity index (χ2v) is 5.93. The zero-order valence-electron chi connectivity index (χ0n) is 10.7. The lowest BCUT2D eigenvalue weighted by Crippen LogP contribution is -2.36. The predicted molar refractivity (Wildman–Crippen MR) is 71.5 cm³/mol. The van der Waals surface area contributed by atoms with Gasteiger partial charge in [0.25, 0.3) is 0 Å². The summed E-state index contributed by atoms with van der Waals surface area (Å²) >= 11 is 5.52. The van der Waals surface area contributed by atoms with Gasteiger partial charge in [-0.15, -0.1) is 0 Å². The molecule has 6 nitrogen and oxygen atoms in total. The molecule has 0 aliphatic rings. The van der Waals surface area contributed by atoms with Gasteiger partial charge in [-0.05, 0) is 18.2 Å². The Balaban J connectivity index is 2.53. The maximum Gasteiger partial charge on any atom is 0.246 e. The molecule has 1 rings (SSSR count). The highest BCUT2D eigenvalue weighted by molar-refractivity contribution is 7.89. The van der Waals surface area contributed by atoms with Crippen molar-refractivity contribution in [2.24, 2.45) is 0 Å². The van der Waals surface area contributed by atoms with Crippen LogP contribution in [0, 0.1) is 5.82 Å². The quantitative estimate of drug-likeness (QED) is 0.716. The minimum atomic E-state index is -3.79. The SMILES string of the molecule is COCC(=O)NCCNS(=O)(=O)c1ccc(F)c(Cl)c1. The maximum atomic E-state index is 12.9. The first-order valence-electron chi connectivity index (χ1n) is 5.57. The van der Waals surface area contributed by atoms with Gasteiger partial charge < -0.3 is 10.1 Å². The largest absolute Gasteiger partial charge is 0.375 e. The molecule has 2 N–H and O–H groups in total. The topological polar surface area (TPSA) is 84.5 Å². The third kappa shape index (κ3) is 5.04. The molecule has 1 aromatic rings. The fourth-order valence-corrected chi connectivity index (χ4v) is 2.60. The summed E-state index contributed by atoms with van der Waals surface area (Å²) in [7, 11) is -2.42. The van der Waals surface area contributed by atoms with Crippen molar-refractivity contribution in [1.29, 1.82) is 0 Å². The lowest BCUT2D eigenvalue weighted by molar-refractivity contribution is -0.124. The number of ether oxygens (including phenoxy) is 1. The van der Waals surface area contributed by atoms with Crippen molar-refractivity contribution in [2.75, 3.05) is 26.8 Å². The van der Waals surface area contributed by atoms with Crippen LogP contribution in [-0.4, -0.2) is 41.1 Å². The number of rotatable bonds is 7. The van der Waals surface area contributed by atoms with Crippen molar-refractivity contribution < 1.29 is 22.3 Å². The van der Waals surface area contributed by atoms with Crippen molar-refractivity contribution in [3.05, 3.63) is 29.0 Å². The fraction of sp³-hybridized carbons (Fsp3) is 0.364. The molecule has 20 heavy (non-hydrogen) atoms. The Morgan fingerprint density at radius 3 is 2.70 bits per heavy atom. The highest BCUT2D eigenvalue weighted by Gasteiger charge is 2.15. The molecule has 0 saturated carbocycles. The minimum Gasteiger partial charge on any atom is -0.375 e. The summed E-state index contributed by atoms with van der Waals surface area (Å²) in [6, 6.07) is 3.09. The zero-order valence-corrected chi connectivity index (χ0v) is 12.2. The molecule has 0 radical (unpaired) electrons. The first kappa shape index (κ1) is 16.8. The Bertz CT molecular complexity index is 580. The molecule has 112 valence electrons. The van der Waals surface area contributed by atoms with Crippen LogP contribution in [0.3, 0.4) is 0 Å². The Kier molecular flexibility index (Phi) is 6.34. The highest BCUT2D eigenvalue weighted by Crippen LogP contribution is 2.18. The summed E-state index contributed by atoms with van der Waals surface area (Å²) in [5.41, 5.74) is 0. The Labute approximate surface area is 121 Å². The number of carbonyl (C=O) groups is 1. The normalized spacial score (nSPS) is 11.3. The first-order valence-corrected chi connectivity index (χ1v) is 7.43. The van der Waals surface area contributed by atoms with Crippen LogP contribution in [0.2, 0.25) is 5.02 Å². The van der Waals surface area contributed by atoms with E-state index in [0.29, 0.717) is 0 Å². The smallest absolute Gasteiger partial charge is 0.246 e. The number of methoxy groups -OCH3 is 1. The van der Waals surface area contributed by atoms with Crippen LogP contribution in [0.5, 0.6) is 0 Å². The van der Waals surface area contributed by atoms with Gasteiger partial charge in [0, 0.05) is 20.2 Å². The van der Waals surface area contributed by atoms with Gasteiger partial charge in [-0.2, -0.15) is 0 Å². The third-order valence-electron chi connectivity index (χ3n) is 2.22. The zero-order chi connectivity index (χ0) is 15.2. The van der Waals surface area contributed by atoms with Gasteiger partial charge in [-0.25, -0.2) is 17.5 Å². The van der Waals surface area contributed by atoms with Crippen LogP contribution >= 0.6 is 11.6 Å². The summed E-state index contributed by atoms with van der Waals surface area (Å²) in [5.74, 6) is -1.05. The second kappa shape index (κ2) is 7.53. The van der Waals surface area contributed by atoms with Crippen molar-refractivity contribution >= 4 is 27.5 Å². The van der Waals surface area contributed by atoms with E-state index in [1.54, 1.807) is 0 Å².